The van der Waals surface area contributed by atoms with Crippen molar-refractivity contribution >= 4 is 11.4 Å². The molecule has 0 aliphatic heterocycles. The maximum Gasteiger partial charge on any atom is 0.121 e. The van der Waals surface area contributed by atoms with Gasteiger partial charge in [-0.25, -0.2) is 0 Å². The van der Waals surface area contributed by atoms with E-state index in [4.69, 9.17) is 15.2 Å². The van der Waals surface area contributed by atoms with Crippen molar-refractivity contribution in [1.29, 1.82) is 0 Å². The summed E-state index contributed by atoms with van der Waals surface area (Å²) in [7, 11) is 1.64. The molecule has 1 fully saturated rings. The van der Waals surface area contributed by atoms with Gasteiger partial charge in [0.25, 0.3) is 0 Å². The average molecular weight is 236 g/mol. The van der Waals surface area contributed by atoms with Crippen LogP contribution in [0.1, 0.15) is 19.8 Å². The SMILES string of the molecule is CCOC1CC(Nc2ccc(OC)cc2N)C1. The fourth-order valence-electron chi connectivity index (χ4n) is 2.07. The Morgan fingerprint density at radius 3 is 2.76 bits per heavy atom. The predicted octanol–water partition coefficient (Wildman–Crippen LogP) is 2.26. The van der Waals surface area contributed by atoms with E-state index in [1.165, 1.54) is 0 Å². The van der Waals surface area contributed by atoms with E-state index in [0.29, 0.717) is 12.1 Å². The highest BCUT2D eigenvalue weighted by molar-refractivity contribution is 5.68. The number of nitrogens with two attached hydrogens (primary N) is 1. The molecule has 0 heterocycles. The molecule has 4 heteroatoms. The van der Waals surface area contributed by atoms with Crippen molar-refractivity contribution in [2.45, 2.75) is 31.9 Å². The second-order valence-corrected chi connectivity index (χ2v) is 4.34. The average Bonchev–Trinajstić information content (AvgIpc) is 2.28. The molecule has 3 N–H and O–H groups in total. The summed E-state index contributed by atoms with van der Waals surface area (Å²) in [5, 5.41) is 3.43. The summed E-state index contributed by atoms with van der Waals surface area (Å²) >= 11 is 0. The second-order valence-electron chi connectivity index (χ2n) is 4.34. The van der Waals surface area contributed by atoms with Crippen LogP contribution >= 0.6 is 0 Å². The molecule has 1 saturated carbocycles. The summed E-state index contributed by atoms with van der Waals surface area (Å²) in [6, 6.07) is 6.18. The Hall–Kier alpha value is -1.42. The summed E-state index contributed by atoms with van der Waals surface area (Å²) in [6.45, 7) is 2.82. The van der Waals surface area contributed by atoms with Crippen LogP contribution in [0.3, 0.4) is 0 Å². The molecule has 0 saturated heterocycles. The summed E-state index contributed by atoms with van der Waals surface area (Å²) in [6.07, 6.45) is 2.52. The Labute approximate surface area is 102 Å². The third-order valence-corrected chi connectivity index (χ3v) is 3.12. The normalized spacial score (nSPS) is 22.9. The summed E-state index contributed by atoms with van der Waals surface area (Å²) in [4.78, 5) is 0. The zero-order chi connectivity index (χ0) is 12.3. The van der Waals surface area contributed by atoms with Crippen LogP contribution in [0.2, 0.25) is 0 Å². The number of anilines is 2. The van der Waals surface area contributed by atoms with Crippen LogP contribution in [0.4, 0.5) is 11.4 Å². The van der Waals surface area contributed by atoms with E-state index in [-0.39, 0.29) is 0 Å². The van der Waals surface area contributed by atoms with Gasteiger partial charge in [0.15, 0.2) is 0 Å². The van der Waals surface area contributed by atoms with Gasteiger partial charge in [-0.05, 0) is 31.9 Å². The summed E-state index contributed by atoms with van der Waals surface area (Å²) in [5.41, 5.74) is 7.65. The van der Waals surface area contributed by atoms with Crippen LogP contribution in [0.15, 0.2) is 18.2 Å². The molecule has 0 unspecified atom stereocenters. The maximum absolute atomic E-state index is 5.94. The Bertz CT molecular complexity index is 376. The van der Waals surface area contributed by atoms with Gasteiger partial charge in [0.05, 0.1) is 24.6 Å². The van der Waals surface area contributed by atoms with Crippen LogP contribution in [-0.2, 0) is 4.74 Å². The Morgan fingerprint density at radius 2 is 2.18 bits per heavy atom. The lowest BCUT2D eigenvalue weighted by Crippen LogP contribution is -2.40. The lowest BCUT2D eigenvalue weighted by Gasteiger charge is -2.36. The maximum atomic E-state index is 5.94. The first-order valence-corrected chi connectivity index (χ1v) is 6.04. The molecule has 0 atom stereocenters. The molecule has 94 valence electrons. The van der Waals surface area contributed by atoms with Crippen molar-refractivity contribution in [3.63, 3.8) is 0 Å². The number of nitrogen functional groups attached to an aromatic ring is 1. The molecule has 0 bridgehead atoms. The van der Waals surface area contributed by atoms with E-state index in [1.807, 2.05) is 25.1 Å². The zero-order valence-electron chi connectivity index (χ0n) is 10.4. The van der Waals surface area contributed by atoms with Crippen LogP contribution in [0, 0.1) is 0 Å². The topological polar surface area (TPSA) is 56.5 Å². The Morgan fingerprint density at radius 1 is 1.41 bits per heavy atom. The van der Waals surface area contributed by atoms with Crippen LogP contribution in [0.25, 0.3) is 0 Å². The van der Waals surface area contributed by atoms with Gasteiger partial charge in [0.1, 0.15) is 5.75 Å². The highest BCUT2D eigenvalue weighted by Gasteiger charge is 2.29. The lowest BCUT2D eigenvalue weighted by molar-refractivity contribution is 0.00300. The van der Waals surface area contributed by atoms with Gasteiger partial charge < -0.3 is 20.5 Å². The molecule has 0 amide bonds. The van der Waals surface area contributed by atoms with E-state index in [0.717, 1.165) is 36.6 Å². The molecule has 1 aromatic carbocycles. The quantitative estimate of drug-likeness (QED) is 0.770. The Kier molecular flexibility index (Phi) is 3.74. The molecular formula is C13H20N2O2. The highest BCUT2D eigenvalue weighted by Crippen LogP contribution is 2.30. The van der Waals surface area contributed by atoms with E-state index < -0.39 is 0 Å². The number of nitrogens with one attached hydrogen (secondary N) is 1. The van der Waals surface area contributed by atoms with Crippen molar-refractivity contribution in [2.24, 2.45) is 0 Å². The first-order valence-electron chi connectivity index (χ1n) is 6.04. The molecule has 17 heavy (non-hydrogen) atoms. The van der Waals surface area contributed by atoms with Crippen LogP contribution in [0.5, 0.6) is 5.75 Å². The number of ether oxygens (including phenoxy) is 2. The minimum atomic E-state index is 0.414. The zero-order valence-corrected chi connectivity index (χ0v) is 10.4. The molecule has 1 aliphatic rings. The number of benzene rings is 1. The number of hydrogen-bond donors (Lipinski definition) is 2. The van der Waals surface area contributed by atoms with Gasteiger partial charge in [0, 0.05) is 18.7 Å². The van der Waals surface area contributed by atoms with Crippen molar-refractivity contribution < 1.29 is 9.47 Å². The van der Waals surface area contributed by atoms with Gasteiger partial charge >= 0.3 is 0 Å². The molecular weight excluding hydrogens is 216 g/mol. The second kappa shape index (κ2) is 5.27. The first-order chi connectivity index (χ1) is 8.22. The van der Waals surface area contributed by atoms with E-state index in [9.17, 15) is 0 Å². The first kappa shape index (κ1) is 12.0. The Balaban J connectivity index is 1.88. The van der Waals surface area contributed by atoms with E-state index in [2.05, 4.69) is 5.32 Å². The molecule has 1 aromatic rings. The van der Waals surface area contributed by atoms with Crippen LogP contribution < -0.4 is 15.8 Å². The van der Waals surface area contributed by atoms with Crippen molar-refractivity contribution in [2.75, 3.05) is 24.8 Å². The molecule has 0 aromatic heterocycles. The molecule has 1 aliphatic carbocycles. The largest absolute Gasteiger partial charge is 0.497 e. The van der Waals surface area contributed by atoms with Crippen molar-refractivity contribution in [3.8, 4) is 5.75 Å². The fourth-order valence-corrected chi connectivity index (χ4v) is 2.07. The predicted molar refractivity (Wildman–Crippen MR) is 69.5 cm³/mol. The van der Waals surface area contributed by atoms with Crippen molar-refractivity contribution in [1.82, 2.24) is 0 Å². The summed E-state index contributed by atoms with van der Waals surface area (Å²) < 4.78 is 10.6. The third kappa shape index (κ3) is 2.82. The minimum Gasteiger partial charge on any atom is -0.497 e. The highest BCUT2D eigenvalue weighted by atomic mass is 16.5. The molecule has 2 rings (SSSR count). The smallest absolute Gasteiger partial charge is 0.121 e. The van der Waals surface area contributed by atoms with E-state index >= 15 is 0 Å². The van der Waals surface area contributed by atoms with Gasteiger partial charge in [0.2, 0.25) is 0 Å². The van der Waals surface area contributed by atoms with Crippen molar-refractivity contribution in [3.05, 3.63) is 18.2 Å². The lowest BCUT2D eigenvalue weighted by atomic mass is 9.89. The summed E-state index contributed by atoms with van der Waals surface area (Å²) in [5.74, 6) is 0.786. The molecule has 4 nitrogen and oxygen atoms in total. The molecule has 0 radical (unpaired) electrons. The monoisotopic (exact) mass is 236 g/mol. The standard InChI is InChI=1S/C13H20N2O2/c1-3-17-11-6-9(7-11)15-13-5-4-10(16-2)8-12(13)14/h4-5,8-9,11,15H,3,6-7,14H2,1-2H3. The minimum absolute atomic E-state index is 0.414. The molecule has 0 spiro atoms. The van der Waals surface area contributed by atoms with Gasteiger partial charge in [-0.3, -0.25) is 0 Å². The number of hydrogen-bond acceptors (Lipinski definition) is 4. The van der Waals surface area contributed by atoms with Gasteiger partial charge in [-0.15, -0.1) is 0 Å². The van der Waals surface area contributed by atoms with Gasteiger partial charge in [-0.1, -0.05) is 0 Å². The van der Waals surface area contributed by atoms with Crippen LogP contribution in [-0.4, -0.2) is 25.9 Å². The number of rotatable bonds is 5. The third-order valence-electron chi connectivity index (χ3n) is 3.12. The van der Waals surface area contributed by atoms with E-state index in [1.54, 1.807) is 7.11 Å². The number of methoxy groups -OCH3 is 1. The van der Waals surface area contributed by atoms with Gasteiger partial charge in [-0.2, -0.15) is 0 Å². The fraction of sp³-hybridized carbons (Fsp3) is 0.538.